The number of rotatable bonds is 5. The van der Waals surface area contributed by atoms with Crippen molar-refractivity contribution < 1.29 is 18.3 Å². The van der Waals surface area contributed by atoms with E-state index in [4.69, 9.17) is 4.74 Å². The molecular weight excluding hydrogens is 396 g/mol. The number of H-pyrrole nitrogens is 1. The smallest absolute Gasteiger partial charge is 0.387 e. The second kappa shape index (κ2) is 9.82. The number of ether oxygens (including phenoxy) is 2. The first kappa shape index (κ1) is 22.8. The molecule has 0 unspecified atom stereocenters. The minimum absolute atomic E-state index is 0.102. The van der Waals surface area contributed by atoms with Crippen molar-refractivity contribution in [1.29, 1.82) is 0 Å². The third-order valence-electron chi connectivity index (χ3n) is 4.18. The second-order valence-corrected chi connectivity index (χ2v) is 6.06. The molecule has 1 aromatic carbocycles. The molecule has 0 fully saturated rings. The summed E-state index contributed by atoms with van der Waals surface area (Å²) in [4.78, 5) is 30.0. The molecule has 2 aromatic heterocycles. The maximum atomic E-state index is 12.5. The average Bonchev–Trinajstić information content (AvgIpc) is 2.71. The van der Waals surface area contributed by atoms with Crippen LogP contribution in [-0.2, 0) is 7.05 Å². The number of benzene rings is 1. The number of aryl methyl sites for hydroxylation is 1. The summed E-state index contributed by atoms with van der Waals surface area (Å²) in [7, 11) is 1.56. The normalized spacial score (nSPS) is 10.4. The lowest BCUT2D eigenvalue weighted by atomic mass is 10.0. The number of pyridine rings is 1. The van der Waals surface area contributed by atoms with E-state index in [9.17, 15) is 18.4 Å². The third-order valence-corrected chi connectivity index (χ3v) is 4.18. The maximum Gasteiger partial charge on any atom is 0.387 e. The SMILES string of the molecule is CC.Cc1cc(Oc2ncccc2OC(F)F)ccc1-c1c(C)c(=O)[nH]c(=O)n1C. The van der Waals surface area contributed by atoms with Crippen molar-refractivity contribution in [1.82, 2.24) is 14.5 Å². The van der Waals surface area contributed by atoms with Gasteiger partial charge in [-0.25, -0.2) is 9.78 Å². The van der Waals surface area contributed by atoms with Gasteiger partial charge in [0.2, 0.25) is 0 Å². The number of halogens is 2. The standard InChI is InChI=1S/C19H17F2N3O4.C2H6/c1-10-9-12(27-17-14(28-18(20)21)5-4-8-22-17)6-7-13(10)15-11(2)16(25)23-19(26)24(15)3;1-2/h4-9,18H,1-3H3,(H,23,25,26);1-2H3. The Morgan fingerprint density at radius 1 is 1.13 bits per heavy atom. The van der Waals surface area contributed by atoms with Crippen molar-refractivity contribution in [3.63, 3.8) is 0 Å². The fraction of sp³-hybridized carbons (Fsp3) is 0.286. The van der Waals surface area contributed by atoms with Crippen LogP contribution in [0.4, 0.5) is 8.78 Å². The molecule has 3 aromatic rings. The van der Waals surface area contributed by atoms with Crippen LogP contribution in [-0.4, -0.2) is 21.1 Å². The van der Waals surface area contributed by atoms with Gasteiger partial charge in [0.15, 0.2) is 5.75 Å². The molecule has 0 atom stereocenters. The predicted molar refractivity (Wildman–Crippen MR) is 110 cm³/mol. The highest BCUT2D eigenvalue weighted by Gasteiger charge is 2.16. The van der Waals surface area contributed by atoms with Gasteiger partial charge in [-0.05, 0) is 49.7 Å². The summed E-state index contributed by atoms with van der Waals surface area (Å²) in [6.45, 7) is 4.40. The molecule has 0 aliphatic rings. The molecule has 30 heavy (non-hydrogen) atoms. The summed E-state index contributed by atoms with van der Waals surface area (Å²) >= 11 is 0. The quantitative estimate of drug-likeness (QED) is 0.671. The molecule has 0 spiro atoms. The summed E-state index contributed by atoms with van der Waals surface area (Å²) in [5.41, 5.74) is 1.29. The highest BCUT2D eigenvalue weighted by molar-refractivity contribution is 5.67. The van der Waals surface area contributed by atoms with Crippen LogP contribution in [0.25, 0.3) is 11.3 Å². The van der Waals surface area contributed by atoms with Crippen LogP contribution in [0.3, 0.4) is 0 Å². The molecule has 9 heteroatoms. The molecule has 0 radical (unpaired) electrons. The van der Waals surface area contributed by atoms with E-state index in [0.717, 1.165) is 0 Å². The van der Waals surface area contributed by atoms with Crippen molar-refractivity contribution in [3.05, 3.63) is 68.5 Å². The number of hydrogen-bond donors (Lipinski definition) is 1. The summed E-state index contributed by atoms with van der Waals surface area (Å²) in [6, 6.07) is 7.71. The fourth-order valence-electron chi connectivity index (χ4n) is 2.83. The number of nitrogens with zero attached hydrogens (tertiary/aromatic N) is 2. The molecular formula is C21H23F2N3O4. The Hall–Kier alpha value is -3.49. The van der Waals surface area contributed by atoms with Crippen LogP contribution in [0.5, 0.6) is 17.4 Å². The Labute approximate surface area is 171 Å². The number of aromatic amines is 1. The van der Waals surface area contributed by atoms with Crippen LogP contribution in [0.2, 0.25) is 0 Å². The van der Waals surface area contributed by atoms with Crippen molar-refractivity contribution in [2.45, 2.75) is 34.3 Å². The number of alkyl halides is 2. The monoisotopic (exact) mass is 419 g/mol. The third kappa shape index (κ3) is 4.91. The number of aromatic nitrogens is 3. The van der Waals surface area contributed by atoms with Crippen LogP contribution >= 0.6 is 0 Å². The first-order chi connectivity index (χ1) is 14.3. The van der Waals surface area contributed by atoms with Gasteiger partial charge in [-0.15, -0.1) is 0 Å². The zero-order valence-corrected chi connectivity index (χ0v) is 17.3. The lowest BCUT2D eigenvalue weighted by Gasteiger charge is -2.15. The van der Waals surface area contributed by atoms with E-state index in [1.165, 1.54) is 22.9 Å². The minimum atomic E-state index is -3.00. The zero-order valence-electron chi connectivity index (χ0n) is 17.3. The minimum Gasteiger partial charge on any atom is -0.436 e. The summed E-state index contributed by atoms with van der Waals surface area (Å²) in [5.74, 6) is 0.0494. The first-order valence-electron chi connectivity index (χ1n) is 9.26. The number of hydrogen-bond acceptors (Lipinski definition) is 5. The van der Waals surface area contributed by atoms with E-state index in [1.807, 2.05) is 13.8 Å². The summed E-state index contributed by atoms with van der Waals surface area (Å²) in [5, 5.41) is 0. The Balaban J connectivity index is 0.00000155. The van der Waals surface area contributed by atoms with Crippen molar-refractivity contribution in [3.8, 4) is 28.6 Å². The number of nitrogens with one attached hydrogen (secondary N) is 1. The van der Waals surface area contributed by atoms with E-state index in [0.29, 0.717) is 28.1 Å². The second-order valence-electron chi connectivity index (χ2n) is 6.06. The van der Waals surface area contributed by atoms with E-state index >= 15 is 0 Å². The lowest BCUT2D eigenvalue weighted by molar-refractivity contribution is -0.0513. The van der Waals surface area contributed by atoms with Crippen LogP contribution in [0.15, 0.2) is 46.1 Å². The molecule has 2 heterocycles. The van der Waals surface area contributed by atoms with Gasteiger partial charge in [-0.2, -0.15) is 8.78 Å². The Bertz CT molecular complexity index is 1110. The van der Waals surface area contributed by atoms with E-state index in [2.05, 4.69) is 14.7 Å². The molecule has 0 saturated carbocycles. The van der Waals surface area contributed by atoms with Crippen LogP contribution in [0, 0.1) is 13.8 Å². The van der Waals surface area contributed by atoms with Gasteiger partial charge in [0.05, 0.1) is 5.69 Å². The predicted octanol–water partition coefficient (Wildman–Crippen LogP) is 4.17. The topological polar surface area (TPSA) is 86.2 Å². The van der Waals surface area contributed by atoms with Gasteiger partial charge in [-0.3, -0.25) is 14.3 Å². The highest BCUT2D eigenvalue weighted by atomic mass is 19.3. The van der Waals surface area contributed by atoms with E-state index in [-0.39, 0.29) is 11.6 Å². The van der Waals surface area contributed by atoms with Gasteiger partial charge >= 0.3 is 12.3 Å². The van der Waals surface area contributed by atoms with Crippen molar-refractivity contribution in [2.24, 2.45) is 7.05 Å². The van der Waals surface area contributed by atoms with Gasteiger partial charge in [0.1, 0.15) is 5.75 Å². The Morgan fingerprint density at radius 3 is 2.47 bits per heavy atom. The van der Waals surface area contributed by atoms with Gasteiger partial charge in [-0.1, -0.05) is 13.8 Å². The lowest BCUT2D eigenvalue weighted by Crippen LogP contribution is -2.31. The maximum absolute atomic E-state index is 12.5. The molecule has 3 rings (SSSR count). The summed E-state index contributed by atoms with van der Waals surface area (Å²) in [6.07, 6.45) is 1.39. The Kier molecular flexibility index (Phi) is 7.46. The van der Waals surface area contributed by atoms with Gasteiger partial charge in [0, 0.05) is 24.4 Å². The van der Waals surface area contributed by atoms with E-state index < -0.39 is 17.9 Å². The highest BCUT2D eigenvalue weighted by Crippen LogP contribution is 2.33. The molecule has 0 bridgehead atoms. The molecule has 0 aliphatic heterocycles. The molecule has 0 aliphatic carbocycles. The average molecular weight is 419 g/mol. The largest absolute Gasteiger partial charge is 0.436 e. The molecule has 1 N–H and O–H groups in total. The van der Waals surface area contributed by atoms with Gasteiger partial charge < -0.3 is 9.47 Å². The first-order valence-corrected chi connectivity index (χ1v) is 9.26. The Morgan fingerprint density at radius 2 is 1.83 bits per heavy atom. The molecule has 0 saturated heterocycles. The fourth-order valence-corrected chi connectivity index (χ4v) is 2.83. The molecule has 0 amide bonds. The molecule has 160 valence electrons. The van der Waals surface area contributed by atoms with Crippen molar-refractivity contribution >= 4 is 0 Å². The zero-order chi connectivity index (χ0) is 22.4. The summed E-state index contributed by atoms with van der Waals surface area (Å²) < 4.78 is 36.4. The van der Waals surface area contributed by atoms with Crippen molar-refractivity contribution in [2.75, 3.05) is 0 Å². The van der Waals surface area contributed by atoms with E-state index in [1.54, 1.807) is 39.1 Å². The molecule has 7 nitrogen and oxygen atoms in total. The van der Waals surface area contributed by atoms with Crippen LogP contribution < -0.4 is 20.7 Å². The van der Waals surface area contributed by atoms with Gasteiger partial charge in [0.25, 0.3) is 11.4 Å². The van der Waals surface area contributed by atoms with Crippen LogP contribution in [0.1, 0.15) is 25.0 Å².